The van der Waals surface area contributed by atoms with E-state index >= 15 is 0 Å². The lowest BCUT2D eigenvalue weighted by atomic mass is 9.96. The summed E-state index contributed by atoms with van der Waals surface area (Å²) in [5.74, 6) is 0. The third-order valence-corrected chi connectivity index (χ3v) is 2.87. The van der Waals surface area contributed by atoms with Gasteiger partial charge in [-0.3, -0.25) is 0 Å². The number of nitrogens with one attached hydrogen (secondary N) is 2. The summed E-state index contributed by atoms with van der Waals surface area (Å²) in [7, 11) is -3.44. The van der Waals surface area contributed by atoms with Crippen molar-refractivity contribution in [2.75, 3.05) is 13.2 Å². The molecule has 0 spiro atoms. The lowest BCUT2D eigenvalue weighted by Crippen LogP contribution is -2.44. The molecule has 0 heterocycles. The van der Waals surface area contributed by atoms with Gasteiger partial charge >= 0.3 is 0 Å². The van der Waals surface area contributed by atoms with Crippen molar-refractivity contribution in [2.45, 2.75) is 33.7 Å². The van der Waals surface area contributed by atoms with Gasteiger partial charge in [-0.05, 0) is 13.8 Å². The molecular formula is C8H20N2O3S. The van der Waals surface area contributed by atoms with Gasteiger partial charge in [0, 0.05) is 24.6 Å². The Morgan fingerprint density at radius 2 is 1.86 bits per heavy atom. The first-order valence-electron chi connectivity index (χ1n) is 4.56. The fourth-order valence-electron chi connectivity index (χ4n) is 0.698. The van der Waals surface area contributed by atoms with Crippen LogP contribution in [0.15, 0.2) is 0 Å². The summed E-state index contributed by atoms with van der Waals surface area (Å²) in [5.41, 5.74) is -0.439. The SMILES string of the molecule is CC(C)NS(=O)(=O)NCC(C)(C)CO. The molecule has 0 saturated carbocycles. The van der Waals surface area contributed by atoms with Crippen LogP contribution in [0.4, 0.5) is 0 Å². The lowest BCUT2D eigenvalue weighted by Gasteiger charge is -2.22. The lowest BCUT2D eigenvalue weighted by molar-refractivity contribution is 0.163. The van der Waals surface area contributed by atoms with Crippen molar-refractivity contribution < 1.29 is 13.5 Å². The van der Waals surface area contributed by atoms with Crippen molar-refractivity contribution in [3.8, 4) is 0 Å². The summed E-state index contributed by atoms with van der Waals surface area (Å²) in [6.07, 6.45) is 0. The monoisotopic (exact) mass is 224 g/mol. The molecule has 0 rings (SSSR count). The standard InChI is InChI=1S/C8H20N2O3S/c1-7(2)10-14(12,13)9-5-8(3,4)6-11/h7,9-11H,5-6H2,1-4H3. The van der Waals surface area contributed by atoms with Crippen LogP contribution in [-0.4, -0.2) is 32.7 Å². The smallest absolute Gasteiger partial charge is 0.277 e. The Morgan fingerprint density at radius 1 is 1.36 bits per heavy atom. The Bertz CT molecular complexity index is 260. The van der Waals surface area contributed by atoms with Gasteiger partial charge < -0.3 is 5.11 Å². The minimum absolute atomic E-state index is 0.0583. The van der Waals surface area contributed by atoms with Crippen LogP contribution in [0.2, 0.25) is 0 Å². The molecule has 0 bridgehead atoms. The molecule has 0 radical (unpaired) electrons. The van der Waals surface area contributed by atoms with Crippen LogP contribution < -0.4 is 9.44 Å². The highest BCUT2D eigenvalue weighted by Crippen LogP contribution is 2.11. The van der Waals surface area contributed by atoms with Gasteiger partial charge in [-0.2, -0.15) is 13.1 Å². The summed E-state index contributed by atoms with van der Waals surface area (Å²) in [4.78, 5) is 0. The van der Waals surface area contributed by atoms with Gasteiger partial charge in [0.25, 0.3) is 10.2 Å². The van der Waals surface area contributed by atoms with Crippen LogP contribution >= 0.6 is 0 Å². The fraction of sp³-hybridized carbons (Fsp3) is 1.00. The Balaban J connectivity index is 4.13. The average Bonchev–Trinajstić information content (AvgIpc) is 1.99. The maximum atomic E-state index is 11.3. The summed E-state index contributed by atoms with van der Waals surface area (Å²) in [6.45, 7) is 7.21. The first-order valence-corrected chi connectivity index (χ1v) is 6.05. The Morgan fingerprint density at radius 3 is 2.21 bits per heavy atom. The highest BCUT2D eigenvalue weighted by atomic mass is 32.2. The maximum Gasteiger partial charge on any atom is 0.277 e. The minimum atomic E-state index is -3.44. The van der Waals surface area contributed by atoms with Gasteiger partial charge in [-0.15, -0.1) is 0 Å². The Kier molecular flexibility index (Phi) is 5.00. The molecule has 3 N–H and O–H groups in total. The van der Waals surface area contributed by atoms with E-state index in [2.05, 4.69) is 9.44 Å². The highest BCUT2D eigenvalue weighted by molar-refractivity contribution is 7.87. The second-order valence-corrected chi connectivity index (χ2v) is 5.95. The molecule has 0 aromatic rings. The molecule has 5 nitrogen and oxygen atoms in total. The van der Waals surface area contributed by atoms with Crippen molar-refractivity contribution in [2.24, 2.45) is 5.41 Å². The molecule has 14 heavy (non-hydrogen) atoms. The van der Waals surface area contributed by atoms with E-state index < -0.39 is 15.6 Å². The Labute approximate surface area is 86.1 Å². The van der Waals surface area contributed by atoms with Crippen LogP contribution in [0.25, 0.3) is 0 Å². The quantitative estimate of drug-likeness (QED) is 0.586. The van der Waals surface area contributed by atoms with Gasteiger partial charge in [-0.1, -0.05) is 13.8 Å². The van der Waals surface area contributed by atoms with Gasteiger partial charge in [0.05, 0.1) is 0 Å². The largest absolute Gasteiger partial charge is 0.396 e. The predicted molar refractivity (Wildman–Crippen MR) is 56.1 cm³/mol. The van der Waals surface area contributed by atoms with Crippen LogP contribution in [0.1, 0.15) is 27.7 Å². The van der Waals surface area contributed by atoms with E-state index in [9.17, 15) is 8.42 Å². The van der Waals surface area contributed by atoms with Crippen LogP contribution in [-0.2, 0) is 10.2 Å². The molecule has 0 fully saturated rings. The van der Waals surface area contributed by atoms with Crippen LogP contribution in [0.3, 0.4) is 0 Å². The molecule has 0 aromatic heterocycles. The van der Waals surface area contributed by atoms with Crippen molar-refractivity contribution in [3.05, 3.63) is 0 Å². The van der Waals surface area contributed by atoms with Gasteiger partial charge in [0.15, 0.2) is 0 Å². The van der Waals surface area contributed by atoms with Crippen molar-refractivity contribution >= 4 is 10.2 Å². The van der Waals surface area contributed by atoms with Gasteiger partial charge in [0.1, 0.15) is 0 Å². The van der Waals surface area contributed by atoms with E-state index in [1.807, 2.05) is 0 Å². The van der Waals surface area contributed by atoms with Crippen molar-refractivity contribution in [3.63, 3.8) is 0 Å². The van der Waals surface area contributed by atoms with Gasteiger partial charge in [-0.25, -0.2) is 4.72 Å². The first kappa shape index (κ1) is 13.8. The zero-order valence-electron chi connectivity index (χ0n) is 9.16. The number of aliphatic hydroxyl groups excluding tert-OH is 1. The number of aliphatic hydroxyl groups is 1. The van der Waals surface area contributed by atoms with E-state index in [-0.39, 0.29) is 19.2 Å². The molecule has 0 atom stereocenters. The van der Waals surface area contributed by atoms with E-state index in [1.165, 1.54) is 0 Å². The summed E-state index contributed by atoms with van der Waals surface area (Å²) < 4.78 is 27.4. The van der Waals surface area contributed by atoms with Crippen LogP contribution in [0.5, 0.6) is 0 Å². The van der Waals surface area contributed by atoms with Crippen LogP contribution in [0, 0.1) is 5.41 Å². The molecule has 0 aliphatic rings. The van der Waals surface area contributed by atoms with Gasteiger partial charge in [0.2, 0.25) is 0 Å². The molecule has 6 heteroatoms. The third-order valence-electron chi connectivity index (χ3n) is 1.56. The molecule has 0 aromatic carbocycles. The second-order valence-electron chi connectivity index (χ2n) is 4.42. The van der Waals surface area contributed by atoms with E-state index in [0.717, 1.165) is 0 Å². The summed E-state index contributed by atoms with van der Waals surface area (Å²) in [6, 6.07) is -0.135. The molecular weight excluding hydrogens is 204 g/mol. The van der Waals surface area contributed by atoms with E-state index in [0.29, 0.717) is 0 Å². The Hall–Kier alpha value is -0.170. The van der Waals surface area contributed by atoms with E-state index in [1.54, 1.807) is 27.7 Å². The summed E-state index contributed by atoms with van der Waals surface area (Å²) >= 11 is 0. The number of hydrogen-bond acceptors (Lipinski definition) is 3. The zero-order valence-corrected chi connectivity index (χ0v) is 9.98. The average molecular weight is 224 g/mol. The van der Waals surface area contributed by atoms with Crippen molar-refractivity contribution in [1.29, 1.82) is 0 Å². The third kappa shape index (κ3) is 6.31. The topological polar surface area (TPSA) is 78.4 Å². The van der Waals surface area contributed by atoms with E-state index in [4.69, 9.17) is 5.11 Å². The number of hydrogen-bond donors (Lipinski definition) is 3. The molecule has 0 unspecified atom stereocenters. The second kappa shape index (κ2) is 5.06. The normalized spacial score (nSPS) is 13.6. The summed E-state index contributed by atoms with van der Waals surface area (Å²) in [5, 5.41) is 8.92. The molecule has 86 valence electrons. The van der Waals surface area contributed by atoms with Crippen molar-refractivity contribution in [1.82, 2.24) is 9.44 Å². The predicted octanol–water partition coefficient (Wildman–Crippen LogP) is -0.163. The first-order chi connectivity index (χ1) is 6.18. The molecule has 0 aliphatic heterocycles. The molecule has 0 aliphatic carbocycles. The molecule has 0 saturated heterocycles. The fourth-order valence-corrected chi connectivity index (χ4v) is 1.98. The number of rotatable bonds is 6. The molecule has 0 amide bonds. The minimum Gasteiger partial charge on any atom is -0.396 e. The maximum absolute atomic E-state index is 11.3. The highest BCUT2D eigenvalue weighted by Gasteiger charge is 2.20. The zero-order chi connectivity index (χ0) is 11.4.